The van der Waals surface area contributed by atoms with Crippen molar-refractivity contribution in [3.8, 4) is 0 Å². The molecular formula is C18H14N2O2. The van der Waals surface area contributed by atoms with Crippen LogP contribution in [0.5, 0.6) is 0 Å². The molecule has 4 rings (SSSR count). The molecule has 2 aromatic carbocycles. The summed E-state index contributed by atoms with van der Waals surface area (Å²) in [4.78, 5) is 19.7. The van der Waals surface area contributed by atoms with Crippen LogP contribution in [0.15, 0.2) is 65.8 Å². The number of hydrogen-bond donors (Lipinski definition) is 1. The molecule has 0 fully saturated rings. The van der Waals surface area contributed by atoms with Gasteiger partial charge in [-0.05, 0) is 23.8 Å². The van der Waals surface area contributed by atoms with E-state index in [0.717, 1.165) is 22.0 Å². The molecule has 0 spiro atoms. The molecular weight excluding hydrogens is 276 g/mol. The Balaban J connectivity index is 1.63. The predicted octanol–water partition coefficient (Wildman–Crippen LogP) is 3.08. The van der Waals surface area contributed by atoms with Gasteiger partial charge in [-0.1, -0.05) is 36.4 Å². The highest BCUT2D eigenvalue weighted by Gasteiger charge is 2.30. The zero-order chi connectivity index (χ0) is 14.9. The first-order chi connectivity index (χ1) is 10.8. The molecule has 4 heteroatoms. The number of fused-ring (bicyclic) bond motifs is 1. The minimum absolute atomic E-state index is 0.288. The Kier molecular flexibility index (Phi) is 3.00. The number of ether oxygens (including phenoxy) is 1. The molecule has 0 aliphatic carbocycles. The van der Waals surface area contributed by atoms with Gasteiger partial charge in [-0.15, -0.1) is 0 Å². The number of aromatic nitrogens is 1. The number of benzene rings is 2. The molecule has 1 N–H and O–H groups in total. The molecule has 0 radical (unpaired) electrons. The molecule has 1 aliphatic heterocycles. The fourth-order valence-corrected chi connectivity index (χ4v) is 2.74. The zero-order valence-electron chi connectivity index (χ0n) is 11.8. The molecule has 108 valence electrons. The molecule has 1 aliphatic rings. The first-order valence-electron chi connectivity index (χ1n) is 7.21. The van der Waals surface area contributed by atoms with Crippen LogP contribution in [-0.4, -0.2) is 22.9 Å². The average Bonchev–Trinajstić information content (AvgIpc) is 3.13. The first kappa shape index (κ1) is 12.8. The molecule has 0 unspecified atom stereocenters. The lowest BCUT2D eigenvalue weighted by atomic mass is 10.1. The number of aromatic amines is 1. The lowest BCUT2D eigenvalue weighted by Crippen LogP contribution is -2.17. The number of hydrogen-bond acceptors (Lipinski definition) is 3. The van der Waals surface area contributed by atoms with Crippen LogP contribution in [-0.2, 0) is 16.0 Å². The number of carbonyl (C=O) groups excluding carboxylic acids is 1. The van der Waals surface area contributed by atoms with E-state index in [1.807, 2.05) is 60.8 Å². The van der Waals surface area contributed by atoms with Crippen molar-refractivity contribution in [1.29, 1.82) is 0 Å². The van der Waals surface area contributed by atoms with E-state index in [0.29, 0.717) is 12.3 Å². The number of esters is 1. The second-order valence-electron chi connectivity index (χ2n) is 5.30. The van der Waals surface area contributed by atoms with Crippen LogP contribution in [0, 0.1) is 0 Å². The van der Waals surface area contributed by atoms with E-state index >= 15 is 0 Å². The van der Waals surface area contributed by atoms with E-state index in [2.05, 4.69) is 9.98 Å². The number of carbonyl (C=O) groups is 1. The van der Waals surface area contributed by atoms with E-state index in [-0.39, 0.29) is 5.97 Å². The molecule has 22 heavy (non-hydrogen) atoms. The number of nitrogens with one attached hydrogen (secondary N) is 1. The van der Waals surface area contributed by atoms with Crippen molar-refractivity contribution < 1.29 is 9.53 Å². The fraction of sp³-hybridized carbons (Fsp3) is 0.111. The maximum Gasteiger partial charge on any atom is 0.338 e. The maximum atomic E-state index is 12.1. The minimum Gasteiger partial charge on any atom is -0.406 e. The Bertz CT molecular complexity index is 865. The van der Waals surface area contributed by atoms with Crippen molar-refractivity contribution in [3.63, 3.8) is 0 Å². The maximum absolute atomic E-state index is 12.1. The van der Waals surface area contributed by atoms with Crippen LogP contribution in [0.3, 0.4) is 0 Å². The monoisotopic (exact) mass is 290 g/mol. The molecule has 3 aromatic rings. The van der Waals surface area contributed by atoms with Crippen LogP contribution in [0.4, 0.5) is 0 Å². The summed E-state index contributed by atoms with van der Waals surface area (Å²) in [6.45, 7) is 0. The van der Waals surface area contributed by atoms with Gasteiger partial charge in [0.15, 0.2) is 6.04 Å². The number of rotatable bonds is 3. The summed E-state index contributed by atoms with van der Waals surface area (Å²) in [7, 11) is 0. The van der Waals surface area contributed by atoms with E-state index in [1.54, 1.807) is 0 Å². The third-order valence-corrected chi connectivity index (χ3v) is 3.85. The summed E-state index contributed by atoms with van der Waals surface area (Å²) in [6.07, 6.45) is 2.48. The van der Waals surface area contributed by atoms with Crippen molar-refractivity contribution in [2.45, 2.75) is 12.5 Å². The standard InChI is InChI=1S/C18H14N2O2/c21-18-16(20-17(22-18)12-6-2-1-3-7-12)10-13-11-19-15-9-5-4-8-14(13)15/h1-9,11,16,19H,10H2/t16-/m0/s1. The van der Waals surface area contributed by atoms with Crippen molar-refractivity contribution in [3.05, 3.63) is 71.9 Å². The molecule has 2 heterocycles. The Morgan fingerprint density at radius 2 is 1.82 bits per heavy atom. The summed E-state index contributed by atoms with van der Waals surface area (Å²) in [5.74, 6) is 0.125. The number of nitrogens with zero attached hydrogens (tertiary/aromatic N) is 1. The van der Waals surface area contributed by atoms with Gasteiger partial charge in [0.1, 0.15) is 0 Å². The summed E-state index contributed by atoms with van der Waals surface area (Å²) in [6, 6.07) is 17.1. The van der Waals surface area contributed by atoms with Gasteiger partial charge in [0.05, 0.1) is 0 Å². The smallest absolute Gasteiger partial charge is 0.338 e. The van der Waals surface area contributed by atoms with Gasteiger partial charge in [0, 0.05) is 29.1 Å². The lowest BCUT2D eigenvalue weighted by Gasteiger charge is -2.01. The van der Waals surface area contributed by atoms with Crippen LogP contribution < -0.4 is 0 Å². The van der Waals surface area contributed by atoms with Crippen LogP contribution >= 0.6 is 0 Å². The SMILES string of the molecule is O=C1OC(c2ccccc2)=N[C@H]1Cc1c[nH]c2ccccc12. The van der Waals surface area contributed by atoms with E-state index < -0.39 is 6.04 Å². The molecule has 0 amide bonds. The Labute approximate surface area is 127 Å². The Morgan fingerprint density at radius 1 is 1.05 bits per heavy atom. The summed E-state index contributed by atoms with van der Waals surface area (Å²) in [5.41, 5.74) is 2.98. The van der Waals surface area contributed by atoms with Crippen molar-refractivity contribution in [2.75, 3.05) is 0 Å². The third-order valence-electron chi connectivity index (χ3n) is 3.85. The van der Waals surface area contributed by atoms with Crippen molar-refractivity contribution >= 4 is 22.8 Å². The topological polar surface area (TPSA) is 54.4 Å². The van der Waals surface area contributed by atoms with Gasteiger partial charge in [0.2, 0.25) is 5.90 Å². The Morgan fingerprint density at radius 3 is 2.68 bits per heavy atom. The molecule has 4 nitrogen and oxygen atoms in total. The highest BCUT2D eigenvalue weighted by Crippen LogP contribution is 2.22. The van der Waals surface area contributed by atoms with Crippen LogP contribution in [0.25, 0.3) is 10.9 Å². The largest absolute Gasteiger partial charge is 0.406 e. The van der Waals surface area contributed by atoms with Gasteiger partial charge in [-0.3, -0.25) is 0 Å². The van der Waals surface area contributed by atoms with Gasteiger partial charge < -0.3 is 9.72 Å². The van der Waals surface area contributed by atoms with Gasteiger partial charge in [0.25, 0.3) is 0 Å². The number of cyclic esters (lactones) is 1. The summed E-state index contributed by atoms with van der Waals surface area (Å²) < 4.78 is 5.32. The van der Waals surface area contributed by atoms with Crippen LogP contribution in [0.2, 0.25) is 0 Å². The molecule has 1 atom stereocenters. The number of H-pyrrole nitrogens is 1. The number of aliphatic imine (C=N–C) groups is 1. The summed E-state index contributed by atoms with van der Waals surface area (Å²) in [5, 5.41) is 1.12. The van der Waals surface area contributed by atoms with E-state index in [4.69, 9.17) is 4.74 Å². The lowest BCUT2D eigenvalue weighted by molar-refractivity contribution is -0.134. The Hall–Kier alpha value is -2.88. The third kappa shape index (κ3) is 2.19. The van der Waals surface area contributed by atoms with Gasteiger partial charge in [-0.25, -0.2) is 9.79 Å². The van der Waals surface area contributed by atoms with E-state index in [9.17, 15) is 4.79 Å². The summed E-state index contributed by atoms with van der Waals surface area (Å²) >= 11 is 0. The van der Waals surface area contributed by atoms with Gasteiger partial charge in [-0.2, -0.15) is 0 Å². The molecule has 1 aromatic heterocycles. The molecule has 0 bridgehead atoms. The highest BCUT2D eigenvalue weighted by atomic mass is 16.6. The predicted molar refractivity (Wildman–Crippen MR) is 84.9 cm³/mol. The zero-order valence-corrected chi connectivity index (χ0v) is 11.8. The highest BCUT2D eigenvalue weighted by molar-refractivity contribution is 6.06. The minimum atomic E-state index is -0.477. The van der Waals surface area contributed by atoms with Crippen LogP contribution in [0.1, 0.15) is 11.1 Å². The average molecular weight is 290 g/mol. The first-order valence-corrected chi connectivity index (χ1v) is 7.21. The number of para-hydroxylation sites is 1. The van der Waals surface area contributed by atoms with Gasteiger partial charge >= 0.3 is 5.97 Å². The molecule has 0 saturated carbocycles. The van der Waals surface area contributed by atoms with Crippen molar-refractivity contribution in [2.24, 2.45) is 4.99 Å². The normalized spacial score (nSPS) is 17.5. The fourth-order valence-electron chi connectivity index (χ4n) is 2.74. The second-order valence-corrected chi connectivity index (χ2v) is 5.30. The molecule has 0 saturated heterocycles. The van der Waals surface area contributed by atoms with Crippen molar-refractivity contribution in [1.82, 2.24) is 4.98 Å². The quantitative estimate of drug-likeness (QED) is 0.754. The second kappa shape index (κ2) is 5.15. The van der Waals surface area contributed by atoms with E-state index in [1.165, 1.54) is 0 Å².